The second-order valence-corrected chi connectivity index (χ2v) is 5.23. The van der Waals surface area contributed by atoms with Crippen molar-refractivity contribution in [1.29, 1.82) is 0 Å². The summed E-state index contributed by atoms with van der Waals surface area (Å²) >= 11 is 0. The molecule has 0 fully saturated rings. The van der Waals surface area contributed by atoms with E-state index in [2.05, 4.69) is 5.32 Å². The summed E-state index contributed by atoms with van der Waals surface area (Å²) in [6.07, 6.45) is 0. The first-order chi connectivity index (χ1) is 11.6. The largest absolute Gasteiger partial charge is 0.451 e. The van der Waals surface area contributed by atoms with Crippen LogP contribution in [0.3, 0.4) is 0 Å². The zero-order chi connectivity index (χ0) is 17.1. The molecule has 0 aliphatic heterocycles. The molecule has 0 aliphatic rings. The van der Waals surface area contributed by atoms with Crippen molar-refractivity contribution < 1.29 is 18.7 Å². The van der Waals surface area contributed by atoms with Crippen molar-refractivity contribution >= 4 is 28.5 Å². The molecular formula is C18H16N2O4. The van der Waals surface area contributed by atoms with Crippen LogP contribution in [0.2, 0.25) is 0 Å². The van der Waals surface area contributed by atoms with Crippen LogP contribution >= 0.6 is 0 Å². The molecule has 0 aliphatic carbocycles. The van der Waals surface area contributed by atoms with Gasteiger partial charge in [0.2, 0.25) is 5.91 Å². The summed E-state index contributed by atoms with van der Waals surface area (Å²) < 4.78 is 10.9. The fourth-order valence-electron chi connectivity index (χ4n) is 2.48. The summed E-state index contributed by atoms with van der Waals surface area (Å²) in [7, 11) is 1.56. The highest BCUT2D eigenvalue weighted by Crippen LogP contribution is 2.27. The molecule has 0 bridgehead atoms. The molecule has 1 heterocycles. The Balaban J connectivity index is 1.90. The number of carbonyl (C=O) groups is 2. The number of amides is 2. The van der Waals surface area contributed by atoms with Crippen LogP contribution in [0.15, 0.2) is 52.9 Å². The van der Waals surface area contributed by atoms with Crippen molar-refractivity contribution in [2.24, 2.45) is 5.73 Å². The van der Waals surface area contributed by atoms with Crippen LogP contribution in [-0.4, -0.2) is 18.9 Å². The monoisotopic (exact) mass is 324 g/mol. The molecule has 24 heavy (non-hydrogen) atoms. The Morgan fingerprint density at radius 3 is 2.50 bits per heavy atom. The van der Waals surface area contributed by atoms with Crippen LogP contribution in [-0.2, 0) is 11.3 Å². The number of para-hydroxylation sites is 1. The molecule has 0 spiro atoms. The number of nitrogens with two attached hydrogens (primary N) is 1. The normalized spacial score (nSPS) is 10.7. The van der Waals surface area contributed by atoms with Gasteiger partial charge in [-0.05, 0) is 30.3 Å². The second kappa shape index (κ2) is 6.55. The van der Waals surface area contributed by atoms with Crippen LogP contribution in [0.1, 0.15) is 26.5 Å². The summed E-state index contributed by atoms with van der Waals surface area (Å²) in [6, 6.07) is 13.7. The minimum atomic E-state index is -0.521. The maximum atomic E-state index is 12.5. The van der Waals surface area contributed by atoms with Gasteiger partial charge in [-0.3, -0.25) is 9.59 Å². The summed E-state index contributed by atoms with van der Waals surface area (Å²) in [5, 5.41) is 3.59. The van der Waals surface area contributed by atoms with Crippen LogP contribution in [0.4, 0.5) is 5.69 Å². The van der Waals surface area contributed by atoms with Gasteiger partial charge in [-0.1, -0.05) is 18.2 Å². The highest BCUT2D eigenvalue weighted by Gasteiger charge is 2.20. The van der Waals surface area contributed by atoms with E-state index >= 15 is 0 Å². The Labute approximate surface area is 138 Å². The number of ether oxygens (including phenoxy) is 1. The third kappa shape index (κ3) is 3.00. The van der Waals surface area contributed by atoms with Crippen LogP contribution in [0.25, 0.3) is 11.0 Å². The van der Waals surface area contributed by atoms with Gasteiger partial charge < -0.3 is 20.2 Å². The SMILES string of the molecule is COCc1c(C(=O)Nc2ccc(C(N)=O)cc2)oc2ccccc12. The van der Waals surface area contributed by atoms with Gasteiger partial charge in [-0.15, -0.1) is 0 Å². The fraction of sp³-hybridized carbons (Fsp3) is 0.111. The van der Waals surface area contributed by atoms with Crippen molar-refractivity contribution in [3.8, 4) is 0 Å². The van der Waals surface area contributed by atoms with E-state index in [-0.39, 0.29) is 18.3 Å². The molecule has 6 heteroatoms. The number of nitrogens with one attached hydrogen (secondary N) is 1. The molecule has 0 saturated carbocycles. The average molecular weight is 324 g/mol. The summed E-state index contributed by atoms with van der Waals surface area (Å²) in [5.41, 5.74) is 7.42. The zero-order valence-corrected chi connectivity index (χ0v) is 13.0. The number of furan rings is 1. The van der Waals surface area contributed by atoms with Gasteiger partial charge >= 0.3 is 0 Å². The van der Waals surface area contributed by atoms with Crippen molar-refractivity contribution in [1.82, 2.24) is 0 Å². The van der Waals surface area contributed by atoms with E-state index in [9.17, 15) is 9.59 Å². The fourth-order valence-corrected chi connectivity index (χ4v) is 2.48. The molecule has 2 aromatic carbocycles. The summed E-state index contributed by atoms with van der Waals surface area (Å²) in [6.45, 7) is 0.264. The van der Waals surface area contributed by atoms with Crippen molar-refractivity contribution in [3.05, 3.63) is 65.4 Å². The van der Waals surface area contributed by atoms with E-state index in [0.29, 0.717) is 22.4 Å². The van der Waals surface area contributed by atoms with E-state index in [1.54, 1.807) is 37.4 Å². The minimum Gasteiger partial charge on any atom is -0.451 e. The Morgan fingerprint density at radius 2 is 1.83 bits per heavy atom. The van der Waals surface area contributed by atoms with Gasteiger partial charge in [0.1, 0.15) is 5.58 Å². The minimum absolute atomic E-state index is 0.206. The van der Waals surface area contributed by atoms with Crippen molar-refractivity contribution in [2.75, 3.05) is 12.4 Å². The van der Waals surface area contributed by atoms with Gasteiger partial charge in [0.05, 0.1) is 6.61 Å². The Bertz CT molecular complexity index is 897. The number of hydrogen-bond acceptors (Lipinski definition) is 4. The number of carbonyl (C=O) groups excluding carboxylic acids is 2. The van der Waals surface area contributed by atoms with E-state index in [4.69, 9.17) is 14.9 Å². The van der Waals surface area contributed by atoms with Crippen LogP contribution in [0.5, 0.6) is 0 Å². The average Bonchev–Trinajstić information content (AvgIpc) is 2.95. The first-order valence-electron chi connectivity index (χ1n) is 7.30. The Hall–Kier alpha value is -3.12. The predicted molar refractivity (Wildman–Crippen MR) is 89.8 cm³/mol. The first-order valence-corrected chi connectivity index (χ1v) is 7.30. The Morgan fingerprint density at radius 1 is 1.12 bits per heavy atom. The topological polar surface area (TPSA) is 94.6 Å². The van der Waals surface area contributed by atoms with Crippen LogP contribution in [0, 0.1) is 0 Å². The van der Waals surface area contributed by atoms with Crippen LogP contribution < -0.4 is 11.1 Å². The number of anilines is 1. The van der Waals surface area contributed by atoms with E-state index in [1.807, 2.05) is 18.2 Å². The second-order valence-electron chi connectivity index (χ2n) is 5.23. The highest BCUT2D eigenvalue weighted by atomic mass is 16.5. The van der Waals surface area contributed by atoms with Crippen molar-refractivity contribution in [2.45, 2.75) is 6.61 Å². The molecule has 6 nitrogen and oxygen atoms in total. The van der Waals surface area contributed by atoms with E-state index in [1.165, 1.54) is 0 Å². The smallest absolute Gasteiger partial charge is 0.291 e. The van der Waals surface area contributed by atoms with E-state index in [0.717, 1.165) is 5.39 Å². The number of benzene rings is 2. The highest BCUT2D eigenvalue weighted by molar-refractivity contribution is 6.06. The predicted octanol–water partition coefficient (Wildman–Crippen LogP) is 2.93. The molecule has 0 atom stereocenters. The number of primary amides is 1. The number of fused-ring (bicyclic) bond motifs is 1. The zero-order valence-electron chi connectivity index (χ0n) is 13.0. The van der Waals surface area contributed by atoms with Gasteiger partial charge in [-0.2, -0.15) is 0 Å². The van der Waals surface area contributed by atoms with Crippen molar-refractivity contribution in [3.63, 3.8) is 0 Å². The van der Waals surface area contributed by atoms with Gasteiger partial charge in [0.25, 0.3) is 5.91 Å². The standard InChI is InChI=1S/C18H16N2O4/c1-23-10-14-13-4-2-3-5-15(13)24-16(14)18(22)20-12-8-6-11(7-9-12)17(19)21/h2-9H,10H2,1H3,(H2,19,21)(H,20,22). The number of hydrogen-bond donors (Lipinski definition) is 2. The maximum Gasteiger partial charge on any atom is 0.291 e. The molecule has 0 radical (unpaired) electrons. The molecule has 2 amide bonds. The van der Waals surface area contributed by atoms with Gasteiger partial charge in [0, 0.05) is 29.3 Å². The molecule has 3 aromatic rings. The third-order valence-electron chi connectivity index (χ3n) is 3.62. The molecule has 3 rings (SSSR count). The lowest BCUT2D eigenvalue weighted by atomic mass is 10.1. The Kier molecular flexibility index (Phi) is 4.31. The quantitative estimate of drug-likeness (QED) is 0.754. The van der Waals surface area contributed by atoms with E-state index < -0.39 is 5.91 Å². The summed E-state index contributed by atoms with van der Waals surface area (Å²) in [4.78, 5) is 23.6. The number of rotatable bonds is 5. The lowest BCUT2D eigenvalue weighted by Crippen LogP contribution is -2.14. The lowest BCUT2D eigenvalue weighted by Gasteiger charge is -2.05. The van der Waals surface area contributed by atoms with Gasteiger partial charge in [0.15, 0.2) is 5.76 Å². The maximum absolute atomic E-state index is 12.5. The lowest BCUT2D eigenvalue weighted by molar-refractivity contribution is 0.0988. The number of methoxy groups -OCH3 is 1. The molecule has 3 N–H and O–H groups in total. The molecule has 122 valence electrons. The third-order valence-corrected chi connectivity index (χ3v) is 3.62. The molecule has 0 saturated heterocycles. The molecule has 0 unspecified atom stereocenters. The molecule has 1 aromatic heterocycles. The molecular weight excluding hydrogens is 308 g/mol. The summed E-state index contributed by atoms with van der Waals surface area (Å²) in [5.74, 6) is -0.699. The van der Waals surface area contributed by atoms with Gasteiger partial charge in [-0.25, -0.2) is 0 Å². The first kappa shape index (κ1) is 15.8.